The SMILES string of the molecule is CC(C)(C)c1ccc(-c2cc(C(C)(C)C)ccc2N2c3cc(-n4c5ccc(C(C)(C)C)cc5c5cc(C(C)(C)C)ccc54)ccc3B3c4ccc(-c5ccccc5)cc4C4(c5ccccc5Sc5ccccc54)c4cc(C(C)(C)C)cc2c43)cc1. The van der Waals surface area contributed by atoms with Crippen LogP contribution in [0, 0.1) is 0 Å². The molecule has 85 heavy (non-hydrogen) atoms. The summed E-state index contributed by atoms with van der Waals surface area (Å²) in [6.45, 7) is 35.1. The van der Waals surface area contributed by atoms with Gasteiger partial charge in [0.2, 0.25) is 6.71 Å². The van der Waals surface area contributed by atoms with Gasteiger partial charge in [-0.3, -0.25) is 0 Å². The van der Waals surface area contributed by atoms with E-state index in [0.29, 0.717) is 0 Å². The standard InChI is InChI=1S/C81H79BN2S/c1-76(2,3)53-32-29-51(30-33-53)59-44-54(77(4,5)6)34-40-68(59)84-71-49-58(83-69-41-35-55(78(7,8)9)45-60(69)61-46-56(79(10,11)12)36-42-70(61)83)37-39-67(71)82-66-38-31-52(50-23-17-16-18-24-50)43-64(66)81(65-47-57(80(13,14)15)48-72(84)75(65)82)62-25-19-21-27-73(62)85-74-28-22-20-26-63(74)81/h16-49H,1-15H3. The minimum atomic E-state index is -0.661. The highest BCUT2D eigenvalue weighted by Crippen LogP contribution is 2.59. The first-order valence-electron chi connectivity index (χ1n) is 30.8. The first-order valence-corrected chi connectivity index (χ1v) is 31.7. The molecule has 4 heterocycles. The maximum Gasteiger partial charge on any atom is 0.247 e. The van der Waals surface area contributed by atoms with E-state index in [1.165, 1.54) is 137 Å². The molecular weight excluding hydrogens is 1040 g/mol. The fourth-order valence-corrected chi connectivity index (χ4v) is 15.5. The first kappa shape index (κ1) is 55.1. The number of aromatic nitrogens is 1. The van der Waals surface area contributed by atoms with E-state index in [2.05, 4.69) is 320 Å². The lowest BCUT2D eigenvalue weighted by molar-refractivity contribution is 0.586. The van der Waals surface area contributed by atoms with Crippen molar-refractivity contribution in [2.24, 2.45) is 0 Å². The Morgan fingerprint density at radius 2 is 0.847 bits per heavy atom. The zero-order valence-electron chi connectivity index (χ0n) is 52.5. The number of benzene rings is 10. The Morgan fingerprint density at radius 1 is 0.341 bits per heavy atom. The molecule has 11 aromatic rings. The van der Waals surface area contributed by atoms with Crippen molar-refractivity contribution in [2.45, 2.75) is 146 Å². The maximum atomic E-state index is 2.72. The molecule has 4 heteroatoms. The molecule has 422 valence electrons. The minimum absolute atomic E-state index is 0.0106. The number of hydrogen-bond donors (Lipinski definition) is 0. The van der Waals surface area contributed by atoms with Crippen molar-refractivity contribution in [3.8, 4) is 27.9 Å². The fourth-order valence-electron chi connectivity index (χ4n) is 14.3. The van der Waals surface area contributed by atoms with Gasteiger partial charge in [0.25, 0.3) is 0 Å². The van der Waals surface area contributed by atoms with Crippen LogP contribution >= 0.6 is 11.8 Å². The monoisotopic (exact) mass is 1120 g/mol. The van der Waals surface area contributed by atoms with E-state index < -0.39 is 5.41 Å². The van der Waals surface area contributed by atoms with Crippen LogP contribution in [0.3, 0.4) is 0 Å². The van der Waals surface area contributed by atoms with Gasteiger partial charge >= 0.3 is 0 Å². The number of hydrogen-bond acceptors (Lipinski definition) is 2. The number of nitrogens with zero attached hydrogens (tertiary/aromatic N) is 2. The lowest BCUT2D eigenvalue weighted by Gasteiger charge is -2.51. The van der Waals surface area contributed by atoms with Crippen molar-refractivity contribution in [3.63, 3.8) is 0 Å². The Bertz CT molecular complexity index is 4400. The summed E-state index contributed by atoms with van der Waals surface area (Å²) in [6.07, 6.45) is 0. The third-order valence-corrected chi connectivity index (χ3v) is 20.3. The van der Waals surface area contributed by atoms with Crippen LogP contribution < -0.4 is 21.3 Å². The summed E-state index contributed by atoms with van der Waals surface area (Å²) >= 11 is 1.92. The smallest absolute Gasteiger partial charge is 0.247 e. The number of fused-ring (bicyclic) bond motifs is 13. The minimum Gasteiger partial charge on any atom is -0.311 e. The Labute approximate surface area is 510 Å². The Kier molecular flexibility index (Phi) is 12.4. The molecule has 1 spiro atoms. The summed E-state index contributed by atoms with van der Waals surface area (Å²) in [7, 11) is 0. The van der Waals surface area contributed by atoms with Crippen LogP contribution in [-0.4, -0.2) is 11.3 Å². The number of anilines is 3. The highest BCUT2D eigenvalue weighted by molar-refractivity contribution is 7.99. The zero-order chi connectivity index (χ0) is 59.5. The molecule has 3 aliphatic heterocycles. The Balaban J connectivity index is 1.15. The molecule has 2 nitrogen and oxygen atoms in total. The average molecular weight is 1120 g/mol. The maximum absolute atomic E-state index is 2.72. The van der Waals surface area contributed by atoms with Crippen LogP contribution in [0.4, 0.5) is 17.1 Å². The predicted molar refractivity (Wildman–Crippen MR) is 367 cm³/mol. The van der Waals surface area contributed by atoms with E-state index in [1.807, 2.05) is 11.8 Å². The molecule has 1 aromatic heterocycles. The molecule has 10 aromatic carbocycles. The predicted octanol–water partition coefficient (Wildman–Crippen LogP) is 20.1. The Morgan fingerprint density at radius 3 is 1.42 bits per heavy atom. The largest absolute Gasteiger partial charge is 0.311 e. The molecule has 0 atom stereocenters. The second-order valence-electron chi connectivity index (χ2n) is 29.8. The lowest BCUT2D eigenvalue weighted by Crippen LogP contribution is -2.65. The van der Waals surface area contributed by atoms with Crippen molar-refractivity contribution in [1.82, 2.24) is 4.57 Å². The van der Waals surface area contributed by atoms with Gasteiger partial charge in [-0.05, 0) is 171 Å². The Hall–Kier alpha value is -7.79. The van der Waals surface area contributed by atoms with Crippen molar-refractivity contribution in [1.29, 1.82) is 0 Å². The van der Waals surface area contributed by atoms with Crippen LogP contribution in [0.25, 0.3) is 49.7 Å². The molecule has 0 unspecified atom stereocenters. The van der Waals surface area contributed by atoms with Crippen molar-refractivity contribution in [3.05, 3.63) is 256 Å². The van der Waals surface area contributed by atoms with Crippen LogP contribution in [0.5, 0.6) is 0 Å². The normalized spacial score (nSPS) is 14.5. The summed E-state index contributed by atoms with van der Waals surface area (Å²) in [6, 6.07) is 81.3. The molecule has 0 amide bonds. The topological polar surface area (TPSA) is 8.17 Å². The van der Waals surface area contributed by atoms with E-state index in [0.717, 1.165) is 5.69 Å². The van der Waals surface area contributed by atoms with Crippen LogP contribution in [0.2, 0.25) is 0 Å². The fraction of sp³-hybridized carbons (Fsp3) is 0.259. The van der Waals surface area contributed by atoms with Crippen molar-refractivity contribution >= 4 is 73.7 Å². The molecule has 0 radical (unpaired) electrons. The van der Waals surface area contributed by atoms with Gasteiger partial charge in [-0.15, -0.1) is 0 Å². The van der Waals surface area contributed by atoms with E-state index in [9.17, 15) is 0 Å². The molecule has 0 N–H and O–H groups in total. The molecule has 0 saturated heterocycles. The summed E-state index contributed by atoms with van der Waals surface area (Å²) in [5, 5.41) is 2.58. The lowest BCUT2D eigenvalue weighted by atomic mass is 9.29. The number of rotatable bonds is 4. The van der Waals surface area contributed by atoms with Crippen LogP contribution in [0.1, 0.15) is 154 Å². The second-order valence-corrected chi connectivity index (χ2v) is 30.9. The third kappa shape index (κ3) is 8.74. The molecule has 0 aliphatic carbocycles. The summed E-state index contributed by atoms with van der Waals surface area (Å²) in [4.78, 5) is 5.33. The molecular formula is C81H79BN2S. The van der Waals surface area contributed by atoms with Gasteiger partial charge in [-0.1, -0.05) is 261 Å². The van der Waals surface area contributed by atoms with Gasteiger partial charge in [0, 0.05) is 43.2 Å². The quantitative estimate of drug-likeness (QED) is 0.162. The summed E-state index contributed by atoms with van der Waals surface area (Å²) < 4.78 is 2.56. The zero-order valence-corrected chi connectivity index (χ0v) is 53.3. The third-order valence-electron chi connectivity index (χ3n) is 19.1. The molecule has 3 aliphatic rings. The van der Waals surface area contributed by atoms with Crippen molar-refractivity contribution in [2.75, 3.05) is 4.90 Å². The van der Waals surface area contributed by atoms with Crippen molar-refractivity contribution < 1.29 is 0 Å². The summed E-state index contributed by atoms with van der Waals surface area (Å²) in [5.74, 6) is 0. The van der Waals surface area contributed by atoms with E-state index in [1.54, 1.807) is 0 Å². The van der Waals surface area contributed by atoms with Crippen LogP contribution in [0.15, 0.2) is 216 Å². The van der Waals surface area contributed by atoms with E-state index in [4.69, 9.17) is 0 Å². The van der Waals surface area contributed by atoms with Gasteiger partial charge in [0.1, 0.15) is 0 Å². The van der Waals surface area contributed by atoms with E-state index >= 15 is 0 Å². The van der Waals surface area contributed by atoms with E-state index in [-0.39, 0.29) is 33.8 Å². The first-order chi connectivity index (χ1) is 40.3. The summed E-state index contributed by atoms with van der Waals surface area (Å²) in [5.41, 5.74) is 27.2. The highest BCUT2D eigenvalue weighted by atomic mass is 32.2. The van der Waals surface area contributed by atoms with Gasteiger partial charge in [0.05, 0.1) is 22.1 Å². The molecule has 0 saturated carbocycles. The van der Waals surface area contributed by atoms with Gasteiger partial charge in [-0.2, -0.15) is 0 Å². The van der Waals surface area contributed by atoms with Crippen LogP contribution in [-0.2, 0) is 32.5 Å². The molecule has 14 rings (SSSR count). The molecule has 0 bridgehead atoms. The second kappa shape index (κ2) is 19.1. The highest BCUT2D eigenvalue weighted by Gasteiger charge is 2.55. The average Bonchev–Trinajstić information content (AvgIpc) is 1.09. The van der Waals surface area contributed by atoms with Gasteiger partial charge in [0.15, 0.2) is 0 Å². The molecule has 0 fully saturated rings. The van der Waals surface area contributed by atoms with Gasteiger partial charge < -0.3 is 9.47 Å². The van der Waals surface area contributed by atoms with Gasteiger partial charge in [-0.25, -0.2) is 0 Å².